The molecule has 7 heteroatoms. The molecule has 0 spiro atoms. The molecule has 3 heterocycles. The number of nitrogens with zero attached hydrogens (tertiary/aromatic N) is 6. The Hall–Kier alpha value is -3.61. The van der Waals surface area contributed by atoms with Crippen molar-refractivity contribution < 1.29 is 0 Å². The summed E-state index contributed by atoms with van der Waals surface area (Å²) in [7, 11) is 0. The lowest BCUT2D eigenvalue weighted by Crippen LogP contribution is -2.46. The lowest BCUT2D eigenvalue weighted by Gasteiger charge is -2.36. The summed E-state index contributed by atoms with van der Waals surface area (Å²) >= 11 is 0. The predicted molar refractivity (Wildman–Crippen MR) is 118 cm³/mol. The van der Waals surface area contributed by atoms with Crippen LogP contribution in [0.25, 0.3) is 5.65 Å². The highest BCUT2D eigenvalue weighted by Crippen LogP contribution is 2.19. The zero-order valence-corrected chi connectivity index (χ0v) is 17.0. The molecule has 0 amide bonds. The Morgan fingerprint density at radius 3 is 2.43 bits per heavy atom. The molecule has 1 aliphatic rings. The molecule has 0 radical (unpaired) electrons. The van der Waals surface area contributed by atoms with Crippen LogP contribution in [0.15, 0.2) is 71.8 Å². The molecular formula is C23H24N6O. The van der Waals surface area contributed by atoms with Gasteiger partial charge in [-0.2, -0.15) is 0 Å². The third-order valence-electron chi connectivity index (χ3n) is 5.60. The Morgan fingerprint density at radius 1 is 0.900 bits per heavy atom. The molecule has 0 bridgehead atoms. The number of para-hydroxylation sites is 1. The van der Waals surface area contributed by atoms with Crippen LogP contribution in [-0.2, 0) is 6.54 Å². The van der Waals surface area contributed by atoms with Crippen molar-refractivity contribution in [1.29, 1.82) is 0 Å². The molecular weight excluding hydrogens is 376 g/mol. The summed E-state index contributed by atoms with van der Waals surface area (Å²) in [5, 5.41) is 4.55. The minimum Gasteiger partial charge on any atom is -0.368 e. The summed E-state index contributed by atoms with van der Waals surface area (Å²) in [6.45, 7) is 6.13. The van der Waals surface area contributed by atoms with Crippen LogP contribution in [0.1, 0.15) is 11.1 Å². The molecule has 152 valence electrons. The summed E-state index contributed by atoms with van der Waals surface area (Å²) in [6, 6.07) is 20.5. The summed E-state index contributed by atoms with van der Waals surface area (Å²) in [4.78, 5) is 21.9. The van der Waals surface area contributed by atoms with Gasteiger partial charge in [-0.15, -0.1) is 5.10 Å². The van der Waals surface area contributed by atoms with Crippen molar-refractivity contribution in [2.24, 2.45) is 0 Å². The second kappa shape index (κ2) is 7.67. The molecule has 1 aliphatic heterocycles. The van der Waals surface area contributed by atoms with E-state index in [-0.39, 0.29) is 5.69 Å². The Balaban J connectivity index is 1.35. The van der Waals surface area contributed by atoms with E-state index in [4.69, 9.17) is 0 Å². The monoisotopic (exact) mass is 400 g/mol. The fourth-order valence-electron chi connectivity index (χ4n) is 4.01. The van der Waals surface area contributed by atoms with Gasteiger partial charge in [0.15, 0.2) is 5.65 Å². The van der Waals surface area contributed by atoms with Crippen LogP contribution in [0.3, 0.4) is 0 Å². The van der Waals surface area contributed by atoms with Crippen molar-refractivity contribution in [3.8, 4) is 0 Å². The van der Waals surface area contributed by atoms with Gasteiger partial charge >= 0.3 is 5.69 Å². The van der Waals surface area contributed by atoms with Gasteiger partial charge in [-0.3, -0.25) is 0 Å². The largest absolute Gasteiger partial charge is 0.368 e. The SMILES string of the molecule is Cc1cccc(Cn2nc3cc(N4CCN(c5ccccc5)CC4)ncn3c2=O)c1. The zero-order valence-electron chi connectivity index (χ0n) is 17.0. The van der Waals surface area contributed by atoms with Gasteiger partial charge in [0.2, 0.25) is 0 Å². The lowest BCUT2D eigenvalue weighted by atomic mass is 10.1. The molecule has 7 nitrogen and oxygen atoms in total. The third kappa shape index (κ3) is 3.54. The molecule has 0 atom stereocenters. The van der Waals surface area contributed by atoms with Crippen molar-refractivity contribution in [2.75, 3.05) is 36.0 Å². The van der Waals surface area contributed by atoms with Crippen molar-refractivity contribution in [3.63, 3.8) is 0 Å². The fraction of sp³-hybridized carbons (Fsp3) is 0.261. The van der Waals surface area contributed by atoms with E-state index in [1.807, 2.05) is 37.3 Å². The summed E-state index contributed by atoms with van der Waals surface area (Å²) in [5.74, 6) is 0.864. The van der Waals surface area contributed by atoms with Crippen LogP contribution in [0.4, 0.5) is 11.5 Å². The van der Waals surface area contributed by atoms with Gasteiger partial charge in [0.25, 0.3) is 0 Å². The third-order valence-corrected chi connectivity index (χ3v) is 5.60. The number of rotatable bonds is 4. The van der Waals surface area contributed by atoms with Crippen molar-refractivity contribution in [3.05, 3.63) is 88.6 Å². The average molecular weight is 400 g/mol. The second-order valence-corrected chi connectivity index (χ2v) is 7.71. The average Bonchev–Trinajstić information content (AvgIpc) is 3.09. The van der Waals surface area contributed by atoms with Gasteiger partial charge in [0.1, 0.15) is 12.1 Å². The Kier molecular flexibility index (Phi) is 4.71. The normalized spacial score (nSPS) is 14.4. The van der Waals surface area contributed by atoms with Gasteiger partial charge < -0.3 is 9.80 Å². The number of aryl methyl sites for hydroxylation is 1. The number of hydrogen-bond acceptors (Lipinski definition) is 5. The molecule has 1 fully saturated rings. The van der Waals surface area contributed by atoms with E-state index >= 15 is 0 Å². The topological polar surface area (TPSA) is 58.7 Å². The molecule has 2 aromatic heterocycles. The molecule has 0 unspecified atom stereocenters. The van der Waals surface area contributed by atoms with E-state index in [0.717, 1.165) is 37.6 Å². The maximum absolute atomic E-state index is 12.7. The highest BCUT2D eigenvalue weighted by molar-refractivity contribution is 5.53. The smallest absolute Gasteiger partial charge is 0.351 e. The first kappa shape index (κ1) is 18.4. The van der Waals surface area contributed by atoms with Crippen molar-refractivity contribution in [2.45, 2.75) is 13.5 Å². The van der Waals surface area contributed by atoms with Crippen LogP contribution in [-0.4, -0.2) is 45.3 Å². The first-order chi connectivity index (χ1) is 14.7. The van der Waals surface area contributed by atoms with Crippen LogP contribution >= 0.6 is 0 Å². The molecule has 2 aromatic carbocycles. The molecule has 0 saturated carbocycles. The number of aromatic nitrogens is 4. The molecule has 30 heavy (non-hydrogen) atoms. The fourth-order valence-corrected chi connectivity index (χ4v) is 4.01. The summed E-state index contributed by atoms with van der Waals surface area (Å²) < 4.78 is 3.02. The highest BCUT2D eigenvalue weighted by Gasteiger charge is 2.19. The van der Waals surface area contributed by atoms with Gasteiger partial charge in [-0.05, 0) is 24.6 Å². The predicted octanol–water partition coefficient (Wildman–Crippen LogP) is 2.57. The first-order valence-corrected chi connectivity index (χ1v) is 10.2. The Morgan fingerprint density at radius 2 is 1.67 bits per heavy atom. The van der Waals surface area contributed by atoms with Gasteiger partial charge in [0, 0.05) is 37.9 Å². The molecule has 0 aliphatic carbocycles. The summed E-state index contributed by atoms with van der Waals surface area (Å²) in [5.41, 5.74) is 3.94. The number of anilines is 2. The van der Waals surface area contributed by atoms with Crippen LogP contribution < -0.4 is 15.5 Å². The van der Waals surface area contributed by atoms with Crippen LogP contribution in [0, 0.1) is 6.92 Å². The van der Waals surface area contributed by atoms with Crippen molar-refractivity contribution in [1.82, 2.24) is 19.2 Å². The number of fused-ring (bicyclic) bond motifs is 1. The van der Waals surface area contributed by atoms with Gasteiger partial charge in [-0.1, -0.05) is 48.0 Å². The minimum absolute atomic E-state index is 0.167. The quantitative estimate of drug-likeness (QED) is 0.527. The van der Waals surface area contributed by atoms with Crippen molar-refractivity contribution >= 4 is 17.2 Å². The Labute approximate surface area is 174 Å². The number of hydrogen-bond donors (Lipinski definition) is 0. The zero-order chi connectivity index (χ0) is 20.5. The van der Waals surface area contributed by atoms with E-state index in [2.05, 4.69) is 50.2 Å². The van der Waals surface area contributed by atoms with E-state index in [1.54, 1.807) is 6.33 Å². The van der Waals surface area contributed by atoms with Gasteiger partial charge in [-0.25, -0.2) is 18.9 Å². The highest BCUT2D eigenvalue weighted by atomic mass is 16.2. The van der Waals surface area contributed by atoms with E-state index in [9.17, 15) is 4.79 Å². The lowest BCUT2D eigenvalue weighted by molar-refractivity contribution is 0.646. The molecule has 0 N–H and O–H groups in total. The first-order valence-electron chi connectivity index (χ1n) is 10.2. The molecule has 5 rings (SSSR count). The molecule has 1 saturated heterocycles. The van der Waals surface area contributed by atoms with Gasteiger partial charge in [0.05, 0.1) is 6.54 Å². The maximum Gasteiger partial charge on any atom is 0.351 e. The van der Waals surface area contributed by atoms with Crippen LogP contribution in [0.2, 0.25) is 0 Å². The number of piperazine rings is 1. The maximum atomic E-state index is 12.7. The van der Waals surface area contributed by atoms with Crippen LogP contribution in [0.5, 0.6) is 0 Å². The second-order valence-electron chi connectivity index (χ2n) is 7.71. The summed E-state index contributed by atoms with van der Waals surface area (Å²) in [6.07, 6.45) is 1.59. The Bertz CT molecular complexity index is 1220. The van der Waals surface area contributed by atoms with E-state index in [1.165, 1.54) is 20.3 Å². The molecule has 4 aromatic rings. The number of benzene rings is 2. The standard InChI is InChI=1S/C23H24N6O/c1-18-6-5-7-19(14-18)16-29-23(30)28-17-24-21(15-22(28)25-29)27-12-10-26(11-13-27)20-8-3-2-4-9-20/h2-9,14-15,17H,10-13,16H2,1H3. The van der Waals surface area contributed by atoms with E-state index < -0.39 is 0 Å². The minimum atomic E-state index is -0.167. The van der Waals surface area contributed by atoms with E-state index in [0.29, 0.717) is 12.2 Å².